The summed E-state index contributed by atoms with van der Waals surface area (Å²) in [4.78, 5) is 4.50. The van der Waals surface area contributed by atoms with Crippen molar-refractivity contribution in [2.24, 2.45) is 0 Å². The molecule has 21 heavy (non-hydrogen) atoms. The number of aromatic nitrogens is 1. The summed E-state index contributed by atoms with van der Waals surface area (Å²) in [7, 11) is 0. The Hall–Kier alpha value is -0.970. The Morgan fingerprint density at radius 3 is 3.10 bits per heavy atom. The molecular formula is C17H24N2OS. The van der Waals surface area contributed by atoms with Gasteiger partial charge in [-0.2, -0.15) is 0 Å². The molecule has 3 rings (SSSR count). The van der Waals surface area contributed by atoms with E-state index < -0.39 is 0 Å². The van der Waals surface area contributed by atoms with Crippen LogP contribution in [-0.2, 0) is 4.74 Å². The predicted molar refractivity (Wildman–Crippen MR) is 88.9 cm³/mol. The number of thiophene rings is 1. The predicted octanol–water partition coefficient (Wildman–Crippen LogP) is 4.30. The third-order valence-electron chi connectivity index (χ3n) is 4.28. The van der Waals surface area contributed by atoms with Crippen molar-refractivity contribution in [2.45, 2.75) is 51.2 Å². The van der Waals surface area contributed by atoms with E-state index in [9.17, 15) is 0 Å². The Balaban J connectivity index is 1.43. The number of ether oxygens (including phenoxy) is 1. The lowest BCUT2D eigenvalue weighted by Gasteiger charge is -2.22. The quantitative estimate of drug-likeness (QED) is 0.808. The zero-order chi connectivity index (χ0) is 14.5. The largest absolute Gasteiger partial charge is 0.377 e. The van der Waals surface area contributed by atoms with E-state index in [1.807, 2.05) is 6.20 Å². The van der Waals surface area contributed by atoms with Crippen molar-refractivity contribution in [1.29, 1.82) is 0 Å². The first-order chi connectivity index (χ1) is 10.3. The number of nitrogens with zero attached hydrogens (tertiary/aromatic N) is 1. The Labute approximate surface area is 130 Å². The fraction of sp³-hybridized carbons (Fsp3) is 0.588. The van der Waals surface area contributed by atoms with Crippen LogP contribution in [0.1, 0.15) is 50.6 Å². The molecule has 0 aromatic carbocycles. The molecule has 0 amide bonds. The van der Waals surface area contributed by atoms with E-state index in [4.69, 9.17) is 4.74 Å². The molecule has 1 unspecified atom stereocenters. The molecule has 1 N–H and O–H groups in total. The van der Waals surface area contributed by atoms with E-state index in [2.05, 4.69) is 34.7 Å². The van der Waals surface area contributed by atoms with Gasteiger partial charge in [0.2, 0.25) is 0 Å². The van der Waals surface area contributed by atoms with E-state index in [1.165, 1.54) is 42.4 Å². The van der Waals surface area contributed by atoms with Gasteiger partial charge in [-0.1, -0.05) is 19.3 Å². The van der Waals surface area contributed by atoms with Crippen LogP contribution in [0.4, 0.5) is 0 Å². The Morgan fingerprint density at radius 2 is 2.24 bits per heavy atom. The van der Waals surface area contributed by atoms with Gasteiger partial charge in [0.05, 0.1) is 22.9 Å². The average Bonchev–Trinajstić information content (AvgIpc) is 3.00. The molecule has 0 spiro atoms. The van der Waals surface area contributed by atoms with Gasteiger partial charge in [0.15, 0.2) is 0 Å². The second kappa shape index (κ2) is 7.34. The van der Waals surface area contributed by atoms with E-state index in [-0.39, 0.29) is 0 Å². The second-order valence-electron chi connectivity index (χ2n) is 5.88. The van der Waals surface area contributed by atoms with Crippen molar-refractivity contribution in [3.63, 3.8) is 0 Å². The van der Waals surface area contributed by atoms with Gasteiger partial charge in [0.25, 0.3) is 0 Å². The zero-order valence-corrected chi connectivity index (χ0v) is 13.5. The van der Waals surface area contributed by atoms with E-state index >= 15 is 0 Å². The summed E-state index contributed by atoms with van der Waals surface area (Å²) in [5, 5.41) is 5.63. The van der Waals surface area contributed by atoms with Crippen molar-refractivity contribution in [3.8, 4) is 0 Å². The molecule has 1 fully saturated rings. The number of rotatable bonds is 6. The number of hydrogen-bond donors (Lipinski definition) is 1. The van der Waals surface area contributed by atoms with E-state index in [0.717, 1.165) is 18.7 Å². The summed E-state index contributed by atoms with van der Waals surface area (Å²) in [5.74, 6) is 0. The third-order valence-corrected chi connectivity index (χ3v) is 5.14. The SMILES string of the molecule is CC(NCCOC1CCCCC1)c1cnc2ccsc2c1. The highest BCUT2D eigenvalue weighted by Gasteiger charge is 2.13. The van der Waals surface area contributed by atoms with Gasteiger partial charge in [-0.05, 0) is 42.8 Å². The minimum absolute atomic E-state index is 0.318. The van der Waals surface area contributed by atoms with Crippen molar-refractivity contribution >= 4 is 21.6 Å². The molecule has 1 aliphatic carbocycles. The maximum Gasteiger partial charge on any atom is 0.0809 e. The van der Waals surface area contributed by atoms with Gasteiger partial charge in [0, 0.05) is 18.8 Å². The fourth-order valence-corrected chi connectivity index (χ4v) is 3.74. The lowest BCUT2D eigenvalue weighted by atomic mass is 9.98. The molecule has 0 bridgehead atoms. The van der Waals surface area contributed by atoms with Crippen LogP contribution >= 0.6 is 11.3 Å². The molecular weight excluding hydrogens is 280 g/mol. The summed E-state index contributed by atoms with van der Waals surface area (Å²) in [6.45, 7) is 3.90. The molecule has 1 saturated carbocycles. The topological polar surface area (TPSA) is 34.1 Å². The Morgan fingerprint density at radius 1 is 1.38 bits per heavy atom. The lowest BCUT2D eigenvalue weighted by Crippen LogP contribution is -2.26. The van der Waals surface area contributed by atoms with Crippen LogP contribution in [0.2, 0.25) is 0 Å². The Kier molecular flexibility index (Phi) is 5.22. The maximum absolute atomic E-state index is 5.95. The van der Waals surface area contributed by atoms with Crippen LogP contribution in [-0.4, -0.2) is 24.2 Å². The molecule has 1 atom stereocenters. The highest BCUT2D eigenvalue weighted by atomic mass is 32.1. The van der Waals surface area contributed by atoms with E-state index in [0.29, 0.717) is 12.1 Å². The summed E-state index contributed by atoms with van der Waals surface area (Å²) in [6.07, 6.45) is 9.02. The summed E-state index contributed by atoms with van der Waals surface area (Å²) >= 11 is 1.75. The van der Waals surface area contributed by atoms with Crippen molar-refractivity contribution in [3.05, 3.63) is 29.3 Å². The van der Waals surface area contributed by atoms with Crippen LogP contribution < -0.4 is 5.32 Å². The molecule has 4 heteroatoms. The van der Waals surface area contributed by atoms with Crippen LogP contribution in [0.5, 0.6) is 0 Å². The van der Waals surface area contributed by atoms with Gasteiger partial charge in [-0.15, -0.1) is 11.3 Å². The minimum atomic E-state index is 0.318. The van der Waals surface area contributed by atoms with E-state index in [1.54, 1.807) is 11.3 Å². The molecule has 2 heterocycles. The summed E-state index contributed by atoms with van der Waals surface area (Å²) in [6, 6.07) is 4.63. The highest BCUT2D eigenvalue weighted by molar-refractivity contribution is 7.17. The van der Waals surface area contributed by atoms with Gasteiger partial charge < -0.3 is 10.1 Å². The van der Waals surface area contributed by atoms with Crippen LogP contribution in [0.25, 0.3) is 10.2 Å². The molecule has 2 aromatic heterocycles. The standard InChI is InChI=1S/C17H24N2OS/c1-13(14-11-17-16(19-12-14)7-10-21-17)18-8-9-20-15-5-3-2-4-6-15/h7,10-13,15,18H,2-6,8-9H2,1H3. The number of fused-ring (bicyclic) bond motifs is 1. The fourth-order valence-electron chi connectivity index (χ4n) is 2.95. The number of nitrogens with one attached hydrogen (secondary N) is 1. The van der Waals surface area contributed by atoms with Crippen molar-refractivity contribution < 1.29 is 4.74 Å². The number of hydrogen-bond acceptors (Lipinski definition) is 4. The molecule has 3 nitrogen and oxygen atoms in total. The molecule has 0 saturated heterocycles. The van der Waals surface area contributed by atoms with Crippen molar-refractivity contribution in [2.75, 3.05) is 13.2 Å². The molecule has 0 radical (unpaired) electrons. The smallest absolute Gasteiger partial charge is 0.0809 e. The Bertz CT molecular complexity index is 563. The summed E-state index contributed by atoms with van der Waals surface area (Å²) < 4.78 is 7.21. The highest BCUT2D eigenvalue weighted by Crippen LogP contribution is 2.23. The number of pyridine rings is 1. The molecule has 2 aromatic rings. The minimum Gasteiger partial charge on any atom is -0.377 e. The maximum atomic E-state index is 5.95. The summed E-state index contributed by atoms with van der Waals surface area (Å²) in [5.41, 5.74) is 2.35. The average molecular weight is 304 g/mol. The van der Waals surface area contributed by atoms with Crippen molar-refractivity contribution in [1.82, 2.24) is 10.3 Å². The second-order valence-corrected chi connectivity index (χ2v) is 6.83. The zero-order valence-electron chi connectivity index (χ0n) is 12.7. The lowest BCUT2D eigenvalue weighted by molar-refractivity contribution is 0.0295. The first-order valence-electron chi connectivity index (χ1n) is 8.01. The normalized spacial score (nSPS) is 18.1. The van der Waals surface area contributed by atoms with Gasteiger partial charge in [-0.25, -0.2) is 0 Å². The molecule has 114 valence electrons. The van der Waals surface area contributed by atoms with Gasteiger partial charge >= 0.3 is 0 Å². The first kappa shape index (κ1) is 14.9. The monoisotopic (exact) mass is 304 g/mol. The third kappa shape index (κ3) is 4.02. The molecule has 1 aliphatic rings. The van der Waals surface area contributed by atoms with Gasteiger partial charge in [-0.3, -0.25) is 4.98 Å². The van der Waals surface area contributed by atoms with Crippen LogP contribution in [0, 0.1) is 0 Å². The van der Waals surface area contributed by atoms with Crippen LogP contribution in [0.15, 0.2) is 23.7 Å². The first-order valence-corrected chi connectivity index (χ1v) is 8.89. The van der Waals surface area contributed by atoms with Gasteiger partial charge in [0.1, 0.15) is 0 Å². The molecule has 0 aliphatic heterocycles. The van der Waals surface area contributed by atoms with Crippen LogP contribution in [0.3, 0.4) is 0 Å².